The molecule has 1 rings (SSSR count). The summed E-state index contributed by atoms with van der Waals surface area (Å²) in [6.45, 7) is 2.03. The van der Waals surface area contributed by atoms with Crippen molar-refractivity contribution in [2.24, 2.45) is 0 Å². The summed E-state index contributed by atoms with van der Waals surface area (Å²) in [4.78, 5) is 10.6. The third-order valence-electron chi connectivity index (χ3n) is 2.18. The van der Waals surface area contributed by atoms with Crippen molar-refractivity contribution in [1.82, 2.24) is 0 Å². The second kappa shape index (κ2) is 4.77. The molecule has 14 heavy (non-hydrogen) atoms. The number of ether oxygens (including phenoxy) is 1. The molecule has 76 valence electrons. The molecule has 1 unspecified atom stereocenters. The summed E-state index contributed by atoms with van der Waals surface area (Å²) in [5.41, 5.74) is 1.32. The van der Waals surface area contributed by atoms with E-state index in [0.29, 0.717) is 5.56 Å². The molecule has 0 bridgehead atoms. The Morgan fingerprint density at radius 2 is 2.00 bits per heavy atom. The van der Waals surface area contributed by atoms with Gasteiger partial charge in [-0.1, -0.05) is 19.1 Å². The maximum atomic E-state index is 10.6. The zero-order valence-electron chi connectivity index (χ0n) is 8.36. The zero-order chi connectivity index (χ0) is 10.6. The van der Waals surface area contributed by atoms with Gasteiger partial charge < -0.3 is 9.84 Å². The number of aromatic carboxylic acids is 1. The normalized spacial score (nSPS) is 12.4. The van der Waals surface area contributed by atoms with E-state index < -0.39 is 5.97 Å². The van der Waals surface area contributed by atoms with E-state index in [1.165, 1.54) is 0 Å². The Kier molecular flexibility index (Phi) is 3.65. The molecule has 0 aliphatic heterocycles. The largest absolute Gasteiger partial charge is 0.478 e. The smallest absolute Gasteiger partial charge is 0.335 e. The number of methoxy groups -OCH3 is 1. The molecule has 1 aromatic carbocycles. The summed E-state index contributed by atoms with van der Waals surface area (Å²) in [5, 5.41) is 8.70. The molecular weight excluding hydrogens is 180 g/mol. The Morgan fingerprint density at radius 1 is 1.43 bits per heavy atom. The van der Waals surface area contributed by atoms with Gasteiger partial charge in [0, 0.05) is 7.11 Å². The average molecular weight is 194 g/mol. The second-order valence-corrected chi connectivity index (χ2v) is 3.06. The van der Waals surface area contributed by atoms with Gasteiger partial charge in [0.25, 0.3) is 0 Å². The first-order chi connectivity index (χ1) is 6.69. The topological polar surface area (TPSA) is 46.5 Å². The minimum atomic E-state index is -0.901. The third kappa shape index (κ3) is 2.33. The number of carbonyl (C=O) groups is 1. The first-order valence-corrected chi connectivity index (χ1v) is 4.55. The molecule has 0 saturated heterocycles. The molecule has 0 saturated carbocycles. The molecule has 0 radical (unpaired) electrons. The molecule has 0 amide bonds. The van der Waals surface area contributed by atoms with Gasteiger partial charge in [-0.05, 0) is 24.1 Å². The minimum Gasteiger partial charge on any atom is -0.478 e. The first-order valence-electron chi connectivity index (χ1n) is 4.55. The number of benzene rings is 1. The van der Waals surface area contributed by atoms with Crippen LogP contribution in [-0.2, 0) is 4.74 Å². The molecular formula is C11H14O3. The van der Waals surface area contributed by atoms with Crippen LogP contribution in [0, 0.1) is 0 Å². The van der Waals surface area contributed by atoms with Gasteiger partial charge >= 0.3 is 5.97 Å². The third-order valence-corrected chi connectivity index (χ3v) is 2.18. The minimum absolute atomic E-state index is 0.0536. The maximum absolute atomic E-state index is 10.6. The molecule has 1 aromatic rings. The lowest BCUT2D eigenvalue weighted by Gasteiger charge is -2.12. The van der Waals surface area contributed by atoms with Crippen molar-refractivity contribution >= 4 is 5.97 Å². The number of hydrogen-bond acceptors (Lipinski definition) is 2. The van der Waals surface area contributed by atoms with Crippen LogP contribution < -0.4 is 0 Å². The van der Waals surface area contributed by atoms with Gasteiger partial charge in [0.2, 0.25) is 0 Å². The lowest BCUT2D eigenvalue weighted by molar-refractivity contribution is 0.0696. The summed E-state index contributed by atoms with van der Waals surface area (Å²) in [7, 11) is 1.65. The van der Waals surface area contributed by atoms with E-state index in [2.05, 4.69) is 0 Å². The average Bonchev–Trinajstić information content (AvgIpc) is 2.20. The molecule has 1 N–H and O–H groups in total. The molecule has 0 aliphatic carbocycles. The van der Waals surface area contributed by atoms with E-state index in [1.807, 2.05) is 6.92 Å². The zero-order valence-corrected chi connectivity index (χ0v) is 8.36. The van der Waals surface area contributed by atoms with E-state index in [-0.39, 0.29) is 6.10 Å². The van der Waals surface area contributed by atoms with Crippen molar-refractivity contribution < 1.29 is 14.6 Å². The molecule has 0 aliphatic rings. The van der Waals surface area contributed by atoms with Crippen molar-refractivity contribution in [3.63, 3.8) is 0 Å². The lowest BCUT2D eigenvalue weighted by Crippen LogP contribution is -2.01. The molecule has 0 aromatic heterocycles. The Morgan fingerprint density at radius 3 is 2.36 bits per heavy atom. The van der Waals surface area contributed by atoms with Crippen molar-refractivity contribution in [1.29, 1.82) is 0 Å². The quantitative estimate of drug-likeness (QED) is 0.800. The van der Waals surface area contributed by atoms with Gasteiger partial charge in [-0.3, -0.25) is 0 Å². The monoisotopic (exact) mass is 194 g/mol. The van der Waals surface area contributed by atoms with Crippen LogP contribution >= 0.6 is 0 Å². The summed E-state index contributed by atoms with van der Waals surface area (Å²) >= 11 is 0. The van der Waals surface area contributed by atoms with Gasteiger partial charge in [-0.2, -0.15) is 0 Å². The predicted molar refractivity (Wildman–Crippen MR) is 53.4 cm³/mol. The highest BCUT2D eigenvalue weighted by Crippen LogP contribution is 2.20. The SMILES string of the molecule is CCC(OC)c1ccc(C(=O)O)cc1. The highest BCUT2D eigenvalue weighted by Gasteiger charge is 2.08. The number of carboxylic acids is 1. The van der Waals surface area contributed by atoms with Crippen LogP contribution in [0.3, 0.4) is 0 Å². The fourth-order valence-electron chi connectivity index (χ4n) is 1.38. The van der Waals surface area contributed by atoms with Crippen LogP contribution in [0.5, 0.6) is 0 Å². The fourth-order valence-corrected chi connectivity index (χ4v) is 1.38. The standard InChI is InChI=1S/C11H14O3/c1-3-10(14-2)8-4-6-9(7-5-8)11(12)13/h4-7,10H,3H2,1-2H3,(H,12,13). The van der Waals surface area contributed by atoms with Crippen molar-refractivity contribution in [2.45, 2.75) is 19.4 Å². The predicted octanol–water partition coefficient (Wildman–Crippen LogP) is 2.48. The summed E-state index contributed by atoms with van der Waals surface area (Å²) in [6, 6.07) is 6.78. The van der Waals surface area contributed by atoms with Gasteiger partial charge in [0.15, 0.2) is 0 Å². The lowest BCUT2D eigenvalue weighted by atomic mass is 10.1. The van der Waals surface area contributed by atoms with Crippen LogP contribution in [0.1, 0.15) is 35.4 Å². The van der Waals surface area contributed by atoms with E-state index >= 15 is 0 Å². The molecule has 0 fully saturated rings. The van der Waals surface area contributed by atoms with Crippen molar-refractivity contribution in [2.75, 3.05) is 7.11 Å². The van der Waals surface area contributed by atoms with E-state index in [1.54, 1.807) is 31.4 Å². The van der Waals surface area contributed by atoms with Crippen LogP contribution in [0.15, 0.2) is 24.3 Å². The number of rotatable bonds is 4. The van der Waals surface area contributed by atoms with Crippen molar-refractivity contribution in [3.05, 3.63) is 35.4 Å². The van der Waals surface area contributed by atoms with Crippen molar-refractivity contribution in [3.8, 4) is 0 Å². The van der Waals surface area contributed by atoms with Gasteiger partial charge in [0.1, 0.15) is 0 Å². The first kappa shape index (κ1) is 10.7. The summed E-state index contributed by atoms with van der Waals surface area (Å²) in [6.07, 6.45) is 0.931. The number of hydrogen-bond donors (Lipinski definition) is 1. The van der Waals surface area contributed by atoms with Gasteiger partial charge in [-0.15, -0.1) is 0 Å². The molecule has 1 atom stereocenters. The van der Waals surface area contributed by atoms with Gasteiger partial charge in [0.05, 0.1) is 11.7 Å². The van der Waals surface area contributed by atoms with Crippen LogP contribution in [0.25, 0.3) is 0 Å². The fraction of sp³-hybridized carbons (Fsp3) is 0.364. The highest BCUT2D eigenvalue weighted by molar-refractivity contribution is 5.87. The van der Waals surface area contributed by atoms with E-state index in [9.17, 15) is 4.79 Å². The second-order valence-electron chi connectivity index (χ2n) is 3.06. The van der Waals surface area contributed by atoms with E-state index in [4.69, 9.17) is 9.84 Å². The molecule has 0 spiro atoms. The van der Waals surface area contributed by atoms with Crippen LogP contribution in [-0.4, -0.2) is 18.2 Å². The number of carboxylic acid groups (broad SMARTS) is 1. The maximum Gasteiger partial charge on any atom is 0.335 e. The highest BCUT2D eigenvalue weighted by atomic mass is 16.5. The Balaban J connectivity index is 2.87. The van der Waals surface area contributed by atoms with Crippen LogP contribution in [0.2, 0.25) is 0 Å². The van der Waals surface area contributed by atoms with Gasteiger partial charge in [-0.25, -0.2) is 4.79 Å². The summed E-state index contributed by atoms with van der Waals surface area (Å²) < 4.78 is 5.24. The summed E-state index contributed by atoms with van der Waals surface area (Å²) in [5.74, 6) is -0.901. The molecule has 0 heterocycles. The molecule has 3 heteroatoms. The Labute approximate surface area is 83.3 Å². The molecule has 3 nitrogen and oxygen atoms in total. The Hall–Kier alpha value is -1.35. The Bertz CT molecular complexity index is 299. The van der Waals surface area contributed by atoms with E-state index in [0.717, 1.165) is 12.0 Å². The van der Waals surface area contributed by atoms with Crippen LogP contribution in [0.4, 0.5) is 0 Å².